The fraction of sp³-hybridized carbons (Fsp3) is 0.947. The van der Waals surface area contributed by atoms with Gasteiger partial charge < -0.3 is 5.11 Å². The van der Waals surface area contributed by atoms with E-state index in [0.717, 1.165) is 38.5 Å². The van der Waals surface area contributed by atoms with Gasteiger partial charge in [-0.1, -0.05) is 91.4 Å². The van der Waals surface area contributed by atoms with E-state index in [9.17, 15) is 9.90 Å². The quantitative estimate of drug-likeness (QED) is 0.347. The van der Waals surface area contributed by atoms with Crippen LogP contribution in [0.25, 0.3) is 0 Å². The molecule has 0 aromatic heterocycles. The summed E-state index contributed by atoms with van der Waals surface area (Å²) >= 11 is 0. The Kier molecular flexibility index (Phi) is 12.8. The summed E-state index contributed by atoms with van der Waals surface area (Å²) in [6.07, 6.45) is 15.8. The minimum Gasteiger partial charge on any atom is -0.481 e. The van der Waals surface area contributed by atoms with E-state index in [1.165, 1.54) is 51.4 Å². The van der Waals surface area contributed by atoms with Crippen LogP contribution in [0.1, 0.15) is 111 Å². The average molecular weight is 299 g/mol. The van der Waals surface area contributed by atoms with Crippen molar-refractivity contribution in [1.29, 1.82) is 0 Å². The Bertz CT molecular complexity index is 250. The molecule has 0 aliphatic heterocycles. The highest BCUT2D eigenvalue weighted by Crippen LogP contribution is 2.37. The number of carboxylic acids is 1. The summed E-state index contributed by atoms with van der Waals surface area (Å²) in [5.74, 6) is -0.547. The zero-order valence-corrected chi connectivity index (χ0v) is 14.8. The van der Waals surface area contributed by atoms with Gasteiger partial charge >= 0.3 is 5.97 Å². The molecule has 0 aliphatic rings. The number of hydrogen-bond donors (Lipinski definition) is 1. The average Bonchev–Trinajstić information content (AvgIpc) is 2.46. The van der Waals surface area contributed by atoms with E-state index in [-0.39, 0.29) is 0 Å². The van der Waals surface area contributed by atoms with Crippen LogP contribution in [0.3, 0.4) is 0 Å². The van der Waals surface area contributed by atoms with Crippen LogP contribution in [0.5, 0.6) is 0 Å². The third-order valence-corrected chi connectivity index (χ3v) is 4.70. The molecule has 0 aliphatic carbocycles. The van der Waals surface area contributed by atoms with E-state index in [0.29, 0.717) is 0 Å². The largest absolute Gasteiger partial charge is 0.481 e. The molecular formula is C19H38O2. The van der Waals surface area contributed by atoms with Gasteiger partial charge in [-0.2, -0.15) is 0 Å². The zero-order chi connectivity index (χ0) is 16.0. The summed E-state index contributed by atoms with van der Waals surface area (Å²) in [7, 11) is 0. The molecule has 0 saturated heterocycles. The number of carboxylic acid groups (broad SMARTS) is 1. The molecule has 0 saturated carbocycles. The van der Waals surface area contributed by atoms with Crippen molar-refractivity contribution in [2.24, 2.45) is 5.41 Å². The van der Waals surface area contributed by atoms with Gasteiger partial charge in [0.05, 0.1) is 5.41 Å². The summed E-state index contributed by atoms with van der Waals surface area (Å²) in [5, 5.41) is 9.75. The Labute approximate surface area is 132 Å². The summed E-state index contributed by atoms with van der Waals surface area (Å²) in [6.45, 7) is 6.55. The third kappa shape index (κ3) is 9.16. The second kappa shape index (κ2) is 13.2. The maximum absolute atomic E-state index is 11.8. The minimum absolute atomic E-state index is 0.437. The second-order valence-electron chi connectivity index (χ2n) is 6.66. The van der Waals surface area contributed by atoms with Gasteiger partial charge in [0.1, 0.15) is 0 Å². The van der Waals surface area contributed by atoms with Crippen molar-refractivity contribution >= 4 is 5.97 Å². The maximum atomic E-state index is 11.8. The van der Waals surface area contributed by atoms with E-state index in [1.807, 2.05) is 0 Å². The molecule has 0 rings (SSSR count). The van der Waals surface area contributed by atoms with Gasteiger partial charge in [-0.25, -0.2) is 0 Å². The van der Waals surface area contributed by atoms with E-state index in [2.05, 4.69) is 20.8 Å². The molecule has 0 aromatic carbocycles. The first-order valence-electron chi connectivity index (χ1n) is 9.36. The topological polar surface area (TPSA) is 37.3 Å². The van der Waals surface area contributed by atoms with E-state index in [4.69, 9.17) is 0 Å². The van der Waals surface area contributed by atoms with Gasteiger partial charge in [-0.15, -0.1) is 0 Å². The van der Waals surface area contributed by atoms with Gasteiger partial charge in [-0.05, 0) is 19.3 Å². The molecule has 0 aromatic rings. The van der Waals surface area contributed by atoms with Crippen LogP contribution in [0.4, 0.5) is 0 Å². The summed E-state index contributed by atoms with van der Waals surface area (Å²) in [5.41, 5.74) is -0.437. The Morgan fingerprint density at radius 3 is 1.52 bits per heavy atom. The first-order valence-corrected chi connectivity index (χ1v) is 9.36. The fourth-order valence-corrected chi connectivity index (χ4v) is 3.31. The number of hydrogen-bond acceptors (Lipinski definition) is 1. The molecule has 1 N–H and O–H groups in total. The van der Waals surface area contributed by atoms with Gasteiger partial charge in [0.15, 0.2) is 0 Å². The first-order chi connectivity index (χ1) is 10.1. The van der Waals surface area contributed by atoms with Gasteiger partial charge in [0.25, 0.3) is 0 Å². The predicted octanol–water partition coefficient (Wildman–Crippen LogP) is 6.58. The molecule has 2 nitrogen and oxygen atoms in total. The molecule has 126 valence electrons. The van der Waals surface area contributed by atoms with Crippen LogP contribution in [-0.2, 0) is 4.79 Å². The SMILES string of the molecule is CCCCCCCCC(CCC)(CCCCCC)C(=O)O. The third-order valence-electron chi connectivity index (χ3n) is 4.70. The van der Waals surface area contributed by atoms with E-state index >= 15 is 0 Å². The lowest BCUT2D eigenvalue weighted by Gasteiger charge is -2.29. The summed E-state index contributed by atoms with van der Waals surface area (Å²) in [4.78, 5) is 11.8. The molecule has 0 heterocycles. The first kappa shape index (κ1) is 20.5. The lowest BCUT2D eigenvalue weighted by molar-refractivity contribution is -0.150. The zero-order valence-electron chi connectivity index (χ0n) is 14.8. The molecule has 2 heteroatoms. The Morgan fingerprint density at radius 1 is 0.667 bits per heavy atom. The van der Waals surface area contributed by atoms with Crippen LogP contribution >= 0.6 is 0 Å². The highest BCUT2D eigenvalue weighted by Gasteiger charge is 2.36. The molecule has 0 radical (unpaired) electrons. The second-order valence-corrected chi connectivity index (χ2v) is 6.66. The highest BCUT2D eigenvalue weighted by atomic mass is 16.4. The summed E-state index contributed by atoms with van der Waals surface area (Å²) < 4.78 is 0. The van der Waals surface area contributed by atoms with Crippen molar-refractivity contribution in [1.82, 2.24) is 0 Å². The van der Waals surface area contributed by atoms with Gasteiger partial charge in [-0.3, -0.25) is 4.79 Å². The van der Waals surface area contributed by atoms with Crippen LogP contribution in [0, 0.1) is 5.41 Å². The van der Waals surface area contributed by atoms with Crippen molar-refractivity contribution in [3.8, 4) is 0 Å². The normalized spacial score (nSPS) is 14.0. The lowest BCUT2D eigenvalue weighted by Crippen LogP contribution is -2.31. The molecule has 1 atom stereocenters. The standard InChI is InChI=1S/C19H38O2/c1-4-7-9-11-12-14-17-19(15-6-3,18(20)21)16-13-10-8-5-2/h4-17H2,1-3H3,(H,20,21). The van der Waals surface area contributed by atoms with Crippen LogP contribution in [0.15, 0.2) is 0 Å². The molecular weight excluding hydrogens is 260 g/mol. The van der Waals surface area contributed by atoms with Crippen molar-refractivity contribution in [2.45, 2.75) is 111 Å². The molecule has 1 unspecified atom stereocenters. The van der Waals surface area contributed by atoms with Gasteiger partial charge in [0.2, 0.25) is 0 Å². The number of aliphatic carboxylic acids is 1. The lowest BCUT2D eigenvalue weighted by atomic mass is 9.74. The smallest absolute Gasteiger partial charge is 0.309 e. The van der Waals surface area contributed by atoms with Crippen LogP contribution < -0.4 is 0 Å². The monoisotopic (exact) mass is 298 g/mol. The Hall–Kier alpha value is -0.530. The number of unbranched alkanes of at least 4 members (excludes halogenated alkanes) is 8. The minimum atomic E-state index is -0.547. The predicted molar refractivity (Wildman–Crippen MR) is 91.7 cm³/mol. The summed E-state index contributed by atoms with van der Waals surface area (Å²) in [6, 6.07) is 0. The highest BCUT2D eigenvalue weighted by molar-refractivity contribution is 5.74. The van der Waals surface area contributed by atoms with Crippen LogP contribution in [-0.4, -0.2) is 11.1 Å². The van der Waals surface area contributed by atoms with Gasteiger partial charge in [0, 0.05) is 0 Å². The van der Waals surface area contributed by atoms with Crippen molar-refractivity contribution in [2.75, 3.05) is 0 Å². The number of carbonyl (C=O) groups is 1. The molecule has 0 spiro atoms. The van der Waals surface area contributed by atoms with Crippen molar-refractivity contribution in [3.63, 3.8) is 0 Å². The molecule has 0 bridgehead atoms. The van der Waals surface area contributed by atoms with E-state index in [1.54, 1.807) is 0 Å². The number of rotatable bonds is 15. The Balaban J connectivity index is 4.25. The Morgan fingerprint density at radius 2 is 1.10 bits per heavy atom. The fourth-order valence-electron chi connectivity index (χ4n) is 3.31. The van der Waals surface area contributed by atoms with E-state index < -0.39 is 11.4 Å². The molecule has 0 amide bonds. The molecule has 0 fully saturated rings. The van der Waals surface area contributed by atoms with Crippen molar-refractivity contribution in [3.05, 3.63) is 0 Å². The van der Waals surface area contributed by atoms with Crippen molar-refractivity contribution < 1.29 is 9.90 Å². The van der Waals surface area contributed by atoms with Crippen LogP contribution in [0.2, 0.25) is 0 Å². The maximum Gasteiger partial charge on any atom is 0.309 e. The molecule has 21 heavy (non-hydrogen) atoms.